The number of aromatic amines is 1. The monoisotopic (exact) mass is 516 g/mol. The number of H-pyrrole nitrogens is 1. The number of aromatic nitrogens is 2. The zero-order valence-corrected chi connectivity index (χ0v) is 18.2. The second-order valence-electron chi connectivity index (χ2n) is 5.87. The molecule has 1 aromatic heterocycles. The number of halogens is 1. The van der Waals surface area contributed by atoms with Crippen LogP contribution in [0.25, 0.3) is 0 Å². The molecule has 0 spiro atoms. The van der Waals surface area contributed by atoms with Gasteiger partial charge in [-0.2, -0.15) is 8.62 Å². The zero-order valence-electron chi connectivity index (χ0n) is 14.7. The molecular formula is C10H16FN2O13P3S. The molecule has 0 amide bonds. The van der Waals surface area contributed by atoms with Crippen molar-refractivity contribution in [3.8, 4) is 0 Å². The van der Waals surface area contributed by atoms with E-state index in [1.807, 2.05) is 0 Å². The molecule has 1 aliphatic heterocycles. The Bertz CT molecular complexity index is 1050. The van der Waals surface area contributed by atoms with E-state index >= 15 is 0 Å². The fourth-order valence-electron chi connectivity index (χ4n) is 2.31. The van der Waals surface area contributed by atoms with Gasteiger partial charge in [0.25, 0.3) is 0 Å². The summed E-state index contributed by atoms with van der Waals surface area (Å²) >= 11 is 4.86. The summed E-state index contributed by atoms with van der Waals surface area (Å²) in [6.45, 7) is 0.429. The molecule has 6 atom stereocenters. The van der Waals surface area contributed by atoms with Crippen LogP contribution < -0.4 is 5.69 Å². The van der Waals surface area contributed by atoms with Gasteiger partial charge in [0.05, 0.1) is 6.61 Å². The number of aliphatic hydroxyl groups excluding tert-OH is 1. The Labute approximate surface area is 171 Å². The summed E-state index contributed by atoms with van der Waals surface area (Å²) in [7, 11) is -16.8. The van der Waals surface area contributed by atoms with Crippen LogP contribution in [-0.4, -0.2) is 59.2 Å². The number of nitrogens with zero attached hydrogens (tertiary/aromatic N) is 1. The van der Waals surface area contributed by atoms with E-state index in [9.17, 15) is 32.9 Å². The van der Waals surface area contributed by atoms with Gasteiger partial charge in [-0.05, 0) is 6.92 Å². The van der Waals surface area contributed by atoms with Gasteiger partial charge in [-0.3, -0.25) is 14.1 Å². The van der Waals surface area contributed by atoms with Crippen LogP contribution in [0.1, 0.15) is 11.8 Å². The number of hydrogen-bond acceptors (Lipinski definition) is 10. The summed E-state index contributed by atoms with van der Waals surface area (Å²) in [5.41, 5.74) is -0.481. The van der Waals surface area contributed by atoms with Gasteiger partial charge in [-0.15, -0.1) is 0 Å². The number of aliphatic hydroxyl groups is 1. The lowest BCUT2D eigenvalue weighted by Gasteiger charge is -2.19. The molecule has 1 fully saturated rings. The molecule has 30 heavy (non-hydrogen) atoms. The maximum Gasteiger partial charge on any atom is 0.490 e. The van der Waals surface area contributed by atoms with Crippen LogP contribution in [-0.2, 0) is 31.6 Å². The van der Waals surface area contributed by atoms with Gasteiger partial charge >= 0.3 is 29.2 Å². The largest absolute Gasteiger partial charge is 0.490 e. The Morgan fingerprint density at radius 2 is 1.83 bits per heavy atom. The Kier molecular flexibility index (Phi) is 7.75. The Hall–Kier alpha value is -0.640. The second kappa shape index (κ2) is 9.08. The molecule has 172 valence electrons. The molecule has 6 N–H and O–H groups in total. The number of phosphoric acid groups is 3. The average Bonchev–Trinajstić information content (AvgIpc) is 2.81. The highest BCUT2D eigenvalue weighted by Crippen LogP contribution is 2.66. The first kappa shape index (κ1) is 25.6. The second-order valence-corrected chi connectivity index (χ2v) is 10.7. The Morgan fingerprint density at radius 3 is 2.40 bits per heavy atom. The first-order valence-corrected chi connectivity index (χ1v) is 12.5. The third kappa shape index (κ3) is 6.68. The molecule has 1 saturated heterocycles. The van der Waals surface area contributed by atoms with E-state index in [-0.39, 0.29) is 4.64 Å². The average molecular weight is 516 g/mol. The van der Waals surface area contributed by atoms with Gasteiger partial charge in [0.1, 0.15) is 16.8 Å². The highest BCUT2D eigenvalue weighted by Gasteiger charge is 2.47. The standard InChI is InChI=1S/C10H16FN2O13P3S/c1-4-2-13(10(15)12-8(4)30)9-6(11)7(14)5(24-9)3-23-28(19,20)26-29(21,22)25-27(16,17)18/h2,5-7,9,14H,3H2,1H3,(H,19,20)(H,21,22)(H,12,15,30)(H2,16,17,18)/t5-,6+,7?,9-/m0/s1. The molecule has 0 bridgehead atoms. The molecule has 1 aliphatic rings. The van der Waals surface area contributed by atoms with Crippen LogP contribution in [0.15, 0.2) is 11.0 Å². The Morgan fingerprint density at radius 1 is 1.23 bits per heavy atom. The first-order chi connectivity index (χ1) is 13.5. The summed E-state index contributed by atoms with van der Waals surface area (Å²) in [6, 6.07) is 0. The molecule has 2 heterocycles. The van der Waals surface area contributed by atoms with Gasteiger partial charge in [0, 0.05) is 11.8 Å². The van der Waals surface area contributed by atoms with Crippen molar-refractivity contribution in [3.63, 3.8) is 0 Å². The first-order valence-electron chi connectivity index (χ1n) is 7.59. The van der Waals surface area contributed by atoms with Crippen molar-refractivity contribution in [1.29, 1.82) is 0 Å². The molecule has 3 unspecified atom stereocenters. The number of hydrogen-bond donors (Lipinski definition) is 6. The zero-order chi connectivity index (χ0) is 23.1. The summed E-state index contributed by atoms with van der Waals surface area (Å²) in [5, 5.41) is 9.92. The van der Waals surface area contributed by atoms with Crippen molar-refractivity contribution in [2.24, 2.45) is 0 Å². The molecule has 0 saturated carbocycles. The van der Waals surface area contributed by atoms with Crippen LogP contribution in [0.2, 0.25) is 0 Å². The van der Waals surface area contributed by atoms with Crippen LogP contribution in [0.3, 0.4) is 0 Å². The van der Waals surface area contributed by atoms with Gasteiger partial charge < -0.3 is 29.4 Å². The SMILES string of the molecule is Cc1cn([C@H]2O[C@@H](COP(=O)(O)OP(=O)(O)OP(=O)(O)O)C(O)[C@H]2F)c(=O)[nH]c1=S. The van der Waals surface area contributed by atoms with Crippen LogP contribution in [0, 0.1) is 11.6 Å². The lowest BCUT2D eigenvalue weighted by atomic mass is 10.1. The van der Waals surface area contributed by atoms with E-state index in [2.05, 4.69) is 18.1 Å². The fourth-order valence-corrected chi connectivity index (χ4v) is 5.48. The molecule has 0 radical (unpaired) electrons. The third-order valence-electron chi connectivity index (χ3n) is 3.53. The van der Waals surface area contributed by atoms with E-state index in [0.717, 1.165) is 10.8 Å². The molecule has 1 aromatic rings. The van der Waals surface area contributed by atoms with Crippen molar-refractivity contribution in [2.75, 3.05) is 6.61 Å². The van der Waals surface area contributed by atoms with E-state index in [0.29, 0.717) is 5.56 Å². The summed E-state index contributed by atoms with van der Waals surface area (Å²) in [4.78, 5) is 49.6. The summed E-state index contributed by atoms with van der Waals surface area (Å²) < 4.78 is 65.2. The van der Waals surface area contributed by atoms with Crippen molar-refractivity contribution >= 4 is 35.7 Å². The van der Waals surface area contributed by atoms with E-state index in [1.54, 1.807) is 0 Å². The number of aryl methyl sites for hydroxylation is 1. The molecule has 0 aromatic carbocycles. The highest BCUT2D eigenvalue weighted by molar-refractivity contribution is 7.71. The van der Waals surface area contributed by atoms with Gasteiger partial charge in [0.15, 0.2) is 12.4 Å². The van der Waals surface area contributed by atoms with Crippen molar-refractivity contribution in [2.45, 2.75) is 31.5 Å². The maximum absolute atomic E-state index is 14.4. The molecule has 15 nitrogen and oxygen atoms in total. The molecule has 0 aliphatic carbocycles. The topological polar surface area (TPSA) is 227 Å². The van der Waals surface area contributed by atoms with Crippen molar-refractivity contribution in [3.05, 3.63) is 26.9 Å². The summed E-state index contributed by atoms with van der Waals surface area (Å²) in [6.07, 6.45) is -6.31. The number of ether oxygens (including phenoxy) is 1. The normalized spacial score (nSPS) is 28.8. The van der Waals surface area contributed by atoms with Crippen molar-refractivity contribution in [1.82, 2.24) is 9.55 Å². The predicted octanol–water partition coefficient (Wildman–Crippen LogP) is 0.154. The van der Waals surface area contributed by atoms with Crippen molar-refractivity contribution < 1.29 is 60.6 Å². The number of nitrogens with one attached hydrogen (secondary N) is 1. The lowest BCUT2D eigenvalue weighted by molar-refractivity contribution is -0.0483. The smallest absolute Gasteiger partial charge is 0.387 e. The number of rotatable bonds is 8. The molecule has 20 heteroatoms. The minimum atomic E-state index is -5.74. The molecular weight excluding hydrogens is 500 g/mol. The van der Waals surface area contributed by atoms with Crippen LogP contribution in [0.5, 0.6) is 0 Å². The lowest BCUT2D eigenvalue weighted by Crippen LogP contribution is -2.33. The minimum Gasteiger partial charge on any atom is -0.387 e. The van der Waals surface area contributed by atoms with Gasteiger partial charge in [0.2, 0.25) is 0 Å². The maximum atomic E-state index is 14.4. The number of phosphoric ester groups is 1. The quantitative estimate of drug-likeness (QED) is 0.200. The van der Waals surface area contributed by atoms with E-state index < -0.39 is 60.4 Å². The predicted molar refractivity (Wildman–Crippen MR) is 95.3 cm³/mol. The summed E-state index contributed by atoms with van der Waals surface area (Å²) in [5.74, 6) is 0. The minimum absolute atomic E-state index is 0.0920. The fraction of sp³-hybridized carbons (Fsp3) is 0.600. The van der Waals surface area contributed by atoms with E-state index in [4.69, 9.17) is 31.6 Å². The van der Waals surface area contributed by atoms with E-state index in [1.165, 1.54) is 6.92 Å². The number of alkyl halides is 1. The third-order valence-corrected chi connectivity index (χ3v) is 7.76. The van der Waals surface area contributed by atoms with Gasteiger partial charge in [-0.1, -0.05) is 12.2 Å². The van der Waals surface area contributed by atoms with Crippen LogP contribution >= 0.6 is 35.7 Å². The highest BCUT2D eigenvalue weighted by atomic mass is 32.1. The van der Waals surface area contributed by atoms with Crippen LogP contribution in [0.4, 0.5) is 4.39 Å². The Balaban J connectivity index is 2.09. The van der Waals surface area contributed by atoms with Gasteiger partial charge in [-0.25, -0.2) is 22.9 Å². The molecule has 2 rings (SSSR count).